The average Bonchev–Trinajstić information content (AvgIpc) is 2.41. The van der Waals surface area contributed by atoms with Gasteiger partial charge in [0.1, 0.15) is 6.10 Å². The van der Waals surface area contributed by atoms with Gasteiger partial charge in [-0.05, 0) is 5.56 Å². The molecule has 1 aliphatic rings. The van der Waals surface area contributed by atoms with Crippen molar-refractivity contribution in [3.05, 3.63) is 35.9 Å². The van der Waals surface area contributed by atoms with E-state index in [4.69, 9.17) is 14.2 Å². The van der Waals surface area contributed by atoms with Gasteiger partial charge in [-0.3, -0.25) is 0 Å². The maximum atomic E-state index is 5.66. The minimum absolute atomic E-state index is 0.0814. The van der Waals surface area contributed by atoms with Crippen LogP contribution in [0.2, 0.25) is 0 Å². The molecule has 4 heteroatoms. The SMILES string of the molecule is IC[C@@H]1CO[C@@H](COCc2ccccc2)CO1. The Bertz CT molecular complexity index is 310. The fraction of sp³-hybridized carbons (Fsp3) is 0.538. The van der Waals surface area contributed by atoms with Gasteiger partial charge in [-0.15, -0.1) is 0 Å². The van der Waals surface area contributed by atoms with Crippen LogP contribution in [0.1, 0.15) is 5.56 Å². The number of benzene rings is 1. The zero-order valence-corrected chi connectivity index (χ0v) is 11.8. The molecule has 2 atom stereocenters. The lowest BCUT2D eigenvalue weighted by molar-refractivity contribution is -0.145. The normalized spacial score (nSPS) is 24.8. The van der Waals surface area contributed by atoms with Crippen LogP contribution in [-0.4, -0.2) is 36.5 Å². The zero-order valence-electron chi connectivity index (χ0n) is 9.68. The quantitative estimate of drug-likeness (QED) is 0.604. The van der Waals surface area contributed by atoms with Gasteiger partial charge >= 0.3 is 0 Å². The molecule has 0 aliphatic carbocycles. The Morgan fingerprint density at radius 2 is 1.82 bits per heavy atom. The summed E-state index contributed by atoms with van der Waals surface area (Å²) in [5.74, 6) is 0. The van der Waals surface area contributed by atoms with Crippen LogP contribution in [0.3, 0.4) is 0 Å². The molecule has 1 saturated heterocycles. The van der Waals surface area contributed by atoms with Crippen molar-refractivity contribution < 1.29 is 14.2 Å². The summed E-state index contributed by atoms with van der Waals surface area (Å²) in [6.45, 7) is 2.56. The fourth-order valence-corrected chi connectivity index (χ4v) is 2.16. The van der Waals surface area contributed by atoms with E-state index in [0.717, 1.165) is 4.43 Å². The highest BCUT2D eigenvalue weighted by Crippen LogP contribution is 2.10. The summed E-state index contributed by atoms with van der Waals surface area (Å²) in [4.78, 5) is 0. The van der Waals surface area contributed by atoms with Crippen LogP contribution < -0.4 is 0 Å². The Morgan fingerprint density at radius 1 is 1.12 bits per heavy atom. The zero-order chi connectivity index (χ0) is 11.9. The summed E-state index contributed by atoms with van der Waals surface area (Å²) >= 11 is 2.31. The lowest BCUT2D eigenvalue weighted by Gasteiger charge is -2.28. The molecule has 0 aromatic heterocycles. The summed E-state index contributed by atoms with van der Waals surface area (Å²) in [5, 5.41) is 0. The van der Waals surface area contributed by atoms with E-state index in [2.05, 4.69) is 34.7 Å². The molecule has 94 valence electrons. The van der Waals surface area contributed by atoms with E-state index in [1.54, 1.807) is 0 Å². The Hall–Kier alpha value is -0.170. The van der Waals surface area contributed by atoms with Crippen molar-refractivity contribution in [3.63, 3.8) is 0 Å². The van der Waals surface area contributed by atoms with E-state index in [1.807, 2.05) is 18.2 Å². The van der Waals surface area contributed by atoms with Gasteiger partial charge in [-0.25, -0.2) is 0 Å². The van der Waals surface area contributed by atoms with Crippen LogP contribution in [0.15, 0.2) is 30.3 Å². The van der Waals surface area contributed by atoms with Gasteiger partial charge in [0.15, 0.2) is 0 Å². The van der Waals surface area contributed by atoms with Gasteiger partial charge in [0.05, 0.1) is 32.5 Å². The minimum Gasteiger partial charge on any atom is -0.374 e. The molecule has 3 nitrogen and oxygen atoms in total. The molecule has 1 fully saturated rings. The molecule has 0 saturated carbocycles. The predicted molar refractivity (Wildman–Crippen MR) is 74.5 cm³/mol. The first-order valence-electron chi connectivity index (χ1n) is 5.79. The number of hydrogen-bond donors (Lipinski definition) is 0. The monoisotopic (exact) mass is 348 g/mol. The molecule has 1 aromatic carbocycles. The summed E-state index contributed by atoms with van der Waals surface area (Å²) < 4.78 is 17.9. The second-order valence-corrected chi connectivity index (χ2v) is 4.95. The first-order valence-corrected chi connectivity index (χ1v) is 7.32. The summed E-state index contributed by atoms with van der Waals surface area (Å²) in [5.41, 5.74) is 1.19. The van der Waals surface area contributed by atoms with Gasteiger partial charge in [0, 0.05) is 4.43 Å². The molecule has 0 radical (unpaired) electrons. The second kappa shape index (κ2) is 7.31. The number of halogens is 1. The lowest BCUT2D eigenvalue weighted by Crippen LogP contribution is -2.38. The maximum Gasteiger partial charge on any atom is 0.104 e. The van der Waals surface area contributed by atoms with Crippen LogP contribution in [0, 0.1) is 0 Å². The number of rotatable bonds is 5. The van der Waals surface area contributed by atoms with Crippen LogP contribution in [0.5, 0.6) is 0 Å². The third-order valence-electron chi connectivity index (χ3n) is 2.62. The topological polar surface area (TPSA) is 27.7 Å². The van der Waals surface area contributed by atoms with Gasteiger partial charge in [-0.2, -0.15) is 0 Å². The predicted octanol–water partition coefficient (Wildman–Crippen LogP) is 2.42. The van der Waals surface area contributed by atoms with E-state index in [9.17, 15) is 0 Å². The smallest absolute Gasteiger partial charge is 0.104 e. The highest BCUT2D eigenvalue weighted by atomic mass is 127. The van der Waals surface area contributed by atoms with Gasteiger partial charge in [-0.1, -0.05) is 52.9 Å². The maximum absolute atomic E-state index is 5.66. The van der Waals surface area contributed by atoms with E-state index in [0.29, 0.717) is 26.4 Å². The highest BCUT2D eigenvalue weighted by Gasteiger charge is 2.21. The van der Waals surface area contributed by atoms with E-state index < -0.39 is 0 Å². The average molecular weight is 348 g/mol. The molecule has 0 bridgehead atoms. The Morgan fingerprint density at radius 3 is 2.47 bits per heavy atom. The largest absolute Gasteiger partial charge is 0.374 e. The molecular formula is C13H17IO3. The molecule has 0 N–H and O–H groups in total. The van der Waals surface area contributed by atoms with Crippen LogP contribution in [0.4, 0.5) is 0 Å². The molecule has 0 amide bonds. The first-order chi connectivity index (χ1) is 8.38. The van der Waals surface area contributed by atoms with Crippen LogP contribution in [-0.2, 0) is 20.8 Å². The van der Waals surface area contributed by atoms with Crippen molar-refractivity contribution in [2.24, 2.45) is 0 Å². The molecule has 0 unspecified atom stereocenters. The Kier molecular flexibility index (Phi) is 5.70. The van der Waals surface area contributed by atoms with Crippen molar-refractivity contribution >= 4 is 22.6 Å². The number of hydrogen-bond acceptors (Lipinski definition) is 3. The molecule has 17 heavy (non-hydrogen) atoms. The Labute approximate surface area is 116 Å². The highest BCUT2D eigenvalue weighted by molar-refractivity contribution is 14.1. The van der Waals surface area contributed by atoms with Crippen molar-refractivity contribution in [1.82, 2.24) is 0 Å². The lowest BCUT2D eigenvalue weighted by atomic mass is 10.2. The number of alkyl halides is 1. The molecule has 1 aromatic rings. The molecule has 1 heterocycles. The van der Waals surface area contributed by atoms with Crippen molar-refractivity contribution in [3.8, 4) is 0 Å². The fourth-order valence-electron chi connectivity index (χ4n) is 1.65. The van der Waals surface area contributed by atoms with Gasteiger partial charge < -0.3 is 14.2 Å². The third-order valence-corrected chi connectivity index (χ3v) is 3.61. The van der Waals surface area contributed by atoms with Crippen molar-refractivity contribution in [2.45, 2.75) is 18.8 Å². The standard InChI is InChI=1S/C13H17IO3/c14-6-12-9-17-13(10-16-12)8-15-7-11-4-2-1-3-5-11/h1-5,12-13H,6-10H2/t12-,13+/m1/s1. The Balaban J connectivity index is 1.63. The molecule has 2 rings (SSSR count). The van der Waals surface area contributed by atoms with Gasteiger partial charge in [0.2, 0.25) is 0 Å². The minimum atomic E-state index is 0.0814. The molecule has 0 spiro atoms. The van der Waals surface area contributed by atoms with E-state index >= 15 is 0 Å². The molecule has 1 aliphatic heterocycles. The summed E-state index contributed by atoms with van der Waals surface area (Å²) in [6, 6.07) is 10.2. The summed E-state index contributed by atoms with van der Waals surface area (Å²) in [7, 11) is 0. The van der Waals surface area contributed by atoms with Crippen molar-refractivity contribution in [2.75, 3.05) is 24.2 Å². The van der Waals surface area contributed by atoms with Gasteiger partial charge in [0.25, 0.3) is 0 Å². The van der Waals surface area contributed by atoms with Crippen LogP contribution in [0.25, 0.3) is 0 Å². The first kappa shape index (κ1) is 13.3. The van der Waals surface area contributed by atoms with Crippen LogP contribution >= 0.6 is 22.6 Å². The second-order valence-electron chi connectivity index (χ2n) is 4.07. The summed E-state index contributed by atoms with van der Waals surface area (Å²) in [6.07, 6.45) is 0.332. The van der Waals surface area contributed by atoms with E-state index in [-0.39, 0.29) is 12.2 Å². The third kappa shape index (κ3) is 4.54. The van der Waals surface area contributed by atoms with Crippen molar-refractivity contribution in [1.29, 1.82) is 0 Å². The van der Waals surface area contributed by atoms with E-state index in [1.165, 1.54) is 5.56 Å². The number of ether oxygens (including phenoxy) is 3. The molecular weight excluding hydrogens is 331 g/mol.